The quantitative estimate of drug-likeness (QED) is 0.604. The molecule has 132 valence electrons. The van der Waals surface area contributed by atoms with Crippen molar-refractivity contribution in [3.8, 4) is 0 Å². The molecule has 1 fully saturated rings. The van der Waals surface area contributed by atoms with E-state index in [0.29, 0.717) is 5.56 Å². The van der Waals surface area contributed by atoms with Crippen molar-refractivity contribution in [2.24, 2.45) is 5.73 Å². The number of alkyl halides is 3. The topological polar surface area (TPSA) is 96.2 Å². The van der Waals surface area contributed by atoms with Gasteiger partial charge in [0.2, 0.25) is 11.8 Å². The number of nitrogens with two attached hydrogens (primary N) is 1. The van der Waals surface area contributed by atoms with Crippen LogP contribution in [-0.4, -0.2) is 29.7 Å². The molecule has 0 spiro atoms. The van der Waals surface area contributed by atoms with Crippen molar-refractivity contribution in [2.75, 3.05) is 0 Å². The van der Waals surface area contributed by atoms with E-state index < -0.39 is 29.8 Å². The van der Waals surface area contributed by atoms with Crippen molar-refractivity contribution in [1.29, 1.82) is 0 Å². The fourth-order valence-corrected chi connectivity index (χ4v) is 2.80. The van der Waals surface area contributed by atoms with Crippen LogP contribution in [-0.2, 0) is 9.59 Å². The van der Waals surface area contributed by atoms with Crippen LogP contribution in [0.2, 0.25) is 0 Å². The number of halogens is 3. The standard InChI is InChI=1S/C14H17F3N4O2S/c1-7(8-2-4-9(5-3-8)24-14(15,16)17)19-12(23)10-6-11(22)21-13(18)20-10/h2-5,7,10,13,20H,6,18H2,1H3,(H,19,23)(H,21,22)/t7-,10?,13?/m1/s1. The maximum Gasteiger partial charge on any atom is 0.446 e. The zero-order valence-corrected chi connectivity index (χ0v) is 13.5. The molecule has 1 aromatic carbocycles. The fraction of sp³-hybridized carbons (Fsp3) is 0.429. The van der Waals surface area contributed by atoms with E-state index >= 15 is 0 Å². The summed E-state index contributed by atoms with van der Waals surface area (Å²) in [6.45, 7) is 1.70. The lowest BCUT2D eigenvalue weighted by Gasteiger charge is -2.29. The van der Waals surface area contributed by atoms with Crippen LogP contribution in [0.4, 0.5) is 13.2 Å². The first-order valence-electron chi connectivity index (χ1n) is 7.11. The van der Waals surface area contributed by atoms with Crippen LogP contribution in [0, 0.1) is 0 Å². The molecule has 24 heavy (non-hydrogen) atoms. The first kappa shape index (κ1) is 18.6. The Bertz CT molecular complexity index is 609. The van der Waals surface area contributed by atoms with Crippen LogP contribution in [0.5, 0.6) is 0 Å². The normalized spacial score (nSPS) is 22.6. The number of hydrogen-bond acceptors (Lipinski definition) is 5. The predicted molar refractivity (Wildman–Crippen MR) is 82.6 cm³/mol. The molecule has 6 nitrogen and oxygen atoms in total. The zero-order chi connectivity index (χ0) is 17.9. The number of rotatable bonds is 4. The zero-order valence-electron chi connectivity index (χ0n) is 12.7. The predicted octanol–water partition coefficient (Wildman–Crippen LogP) is 1.20. The summed E-state index contributed by atoms with van der Waals surface area (Å²) >= 11 is -0.197. The second-order valence-electron chi connectivity index (χ2n) is 5.32. The minimum Gasteiger partial charge on any atom is -0.348 e. The third-order valence-corrected chi connectivity index (χ3v) is 4.12. The van der Waals surface area contributed by atoms with Crippen LogP contribution in [0.15, 0.2) is 29.2 Å². The maximum absolute atomic E-state index is 12.3. The van der Waals surface area contributed by atoms with Gasteiger partial charge in [0.25, 0.3) is 0 Å². The summed E-state index contributed by atoms with van der Waals surface area (Å²) in [5.74, 6) is -0.732. The first-order valence-corrected chi connectivity index (χ1v) is 7.93. The summed E-state index contributed by atoms with van der Waals surface area (Å²) in [6, 6.07) is 4.55. The van der Waals surface area contributed by atoms with Crippen LogP contribution in [0.3, 0.4) is 0 Å². The summed E-state index contributed by atoms with van der Waals surface area (Å²) in [6.07, 6.45) is -0.830. The molecule has 10 heteroatoms. The van der Waals surface area contributed by atoms with E-state index in [4.69, 9.17) is 5.73 Å². The van der Waals surface area contributed by atoms with Crippen LogP contribution >= 0.6 is 11.8 Å². The molecule has 1 saturated heterocycles. The molecule has 0 radical (unpaired) electrons. The maximum atomic E-state index is 12.3. The van der Waals surface area contributed by atoms with Gasteiger partial charge in [0, 0.05) is 4.90 Å². The molecule has 0 aromatic heterocycles. The summed E-state index contributed by atoms with van der Waals surface area (Å²) in [7, 11) is 0. The molecule has 0 bridgehead atoms. The second-order valence-corrected chi connectivity index (χ2v) is 6.45. The highest BCUT2D eigenvalue weighted by Crippen LogP contribution is 2.36. The van der Waals surface area contributed by atoms with Gasteiger partial charge in [-0.15, -0.1) is 0 Å². The van der Waals surface area contributed by atoms with Gasteiger partial charge in [-0.2, -0.15) is 13.2 Å². The molecular weight excluding hydrogens is 345 g/mol. The Morgan fingerprint density at radius 3 is 2.54 bits per heavy atom. The lowest BCUT2D eigenvalue weighted by molar-refractivity contribution is -0.132. The largest absolute Gasteiger partial charge is 0.446 e. The molecule has 1 aromatic rings. The van der Waals surface area contributed by atoms with E-state index in [-0.39, 0.29) is 29.0 Å². The lowest BCUT2D eigenvalue weighted by atomic mass is 10.1. The van der Waals surface area contributed by atoms with Gasteiger partial charge in [0.1, 0.15) is 6.29 Å². The average Bonchev–Trinajstić information content (AvgIpc) is 2.45. The molecule has 3 atom stereocenters. The van der Waals surface area contributed by atoms with Gasteiger partial charge in [-0.05, 0) is 36.4 Å². The van der Waals surface area contributed by atoms with Crippen LogP contribution in [0.1, 0.15) is 24.9 Å². The number of thioether (sulfide) groups is 1. The first-order chi connectivity index (χ1) is 11.1. The number of hydrogen-bond donors (Lipinski definition) is 4. The van der Waals surface area contributed by atoms with Gasteiger partial charge in [0.15, 0.2) is 0 Å². The van der Waals surface area contributed by atoms with Crippen molar-refractivity contribution in [3.63, 3.8) is 0 Å². The molecule has 2 amide bonds. The number of carbonyl (C=O) groups is 2. The van der Waals surface area contributed by atoms with E-state index in [9.17, 15) is 22.8 Å². The van der Waals surface area contributed by atoms with Crippen molar-refractivity contribution in [3.05, 3.63) is 29.8 Å². The smallest absolute Gasteiger partial charge is 0.348 e. The number of benzene rings is 1. The van der Waals surface area contributed by atoms with Gasteiger partial charge < -0.3 is 10.6 Å². The summed E-state index contributed by atoms with van der Waals surface area (Å²) < 4.78 is 36.9. The fourth-order valence-electron chi connectivity index (χ4n) is 2.26. The Morgan fingerprint density at radius 2 is 2.00 bits per heavy atom. The monoisotopic (exact) mass is 362 g/mol. The molecule has 1 aliphatic heterocycles. The average molecular weight is 362 g/mol. The van der Waals surface area contributed by atoms with Crippen LogP contribution < -0.4 is 21.7 Å². The Kier molecular flexibility index (Phi) is 5.73. The highest BCUT2D eigenvalue weighted by Gasteiger charge is 2.30. The Morgan fingerprint density at radius 1 is 1.38 bits per heavy atom. The molecule has 2 rings (SSSR count). The molecule has 5 N–H and O–H groups in total. The van der Waals surface area contributed by atoms with Gasteiger partial charge in [-0.1, -0.05) is 12.1 Å². The number of carbonyl (C=O) groups excluding carboxylic acids is 2. The molecule has 0 saturated carbocycles. The number of amides is 2. The molecule has 1 aliphatic rings. The molecular formula is C14H17F3N4O2S. The van der Waals surface area contributed by atoms with E-state index in [1.807, 2.05) is 0 Å². The van der Waals surface area contributed by atoms with Crippen molar-refractivity contribution < 1.29 is 22.8 Å². The van der Waals surface area contributed by atoms with E-state index in [1.165, 1.54) is 24.3 Å². The number of nitrogens with one attached hydrogen (secondary N) is 3. The highest BCUT2D eigenvalue weighted by molar-refractivity contribution is 8.00. The minimum absolute atomic E-state index is 0.0343. The Labute approximate surface area is 140 Å². The molecule has 0 aliphatic carbocycles. The summed E-state index contributed by atoms with van der Waals surface area (Å²) in [4.78, 5) is 23.6. The third-order valence-electron chi connectivity index (χ3n) is 3.38. The summed E-state index contributed by atoms with van der Waals surface area (Å²) in [5.41, 5.74) is 1.86. The molecule has 2 unspecified atom stereocenters. The highest BCUT2D eigenvalue weighted by atomic mass is 32.2. The lowest BCUT2D eigenvalue weighted by Crippen LogP contribution is -2.64. The van der Waals surface area contributed by atoms with Gasteiger partial charge >= 0.3 is 5.51 Å². The summed E-state index contributed by atoms with van der Waals surface area (Å²) in [5, 5.41) is 7.88. The SMILES string of the molecule is C[C@@H](NC(=O)C1CC(=O)NC(N)N1)c1ccc(SC(F)(F)F)cc1. The Balaban J connectivity index is 1.95. The second kappa shape index (κ2) is 7.41. The van der Waals surface area contributed by atoms with Gasteiger partial charge in [-0.3, -0.25) is 20.6 Å². The van der Waals surface area contributed by atoms with Gasteiger partial charge in [0.05, 0.1) is 18.5 Å². The third kappa shape index (κ3) is 5.39. The Hall–Kier alpha value is -1.78. The van der Waals surface area contributed by atoms with E-state index in [0.717, 1.165) is 0 Å². The minimum atomic E-state index is -4.34. The van der Waals surface area contributed by atoms with E-state index in [1.54, 1.807) is 6.92 Å². The van der Waals surface area contributed by atoms with Gasteiger partial charge in [-0.25, -0.2) is 0 Å². The van der Waals surface area contributed by atoms with E-state index in [2.05, 4.69) is 16.0 Å². The van der Waals surface area contributed by atoms with Crippen molar-refractivity contribution >= 4 is 23.6 Å². The van der Waals surface area contributed by atoms with Crippen LogP contribution in [0.25, 0.3) is 0 Å². The van der Waals surface area contributed by atoms with Crippen molar-refractivity contribution in [2.45, 2.75) is 42.1 Å². The van der Waals surface area contributed by atoms with Crippen molar-refractivity contribution in [1.82, 2.24) is 16.0 Å². The molecule has 1 heterocycles.